The number of aryl methyl sites for hydroxylation is 1. The van der Waals surface area contributed by atoms with Gasteiger partial charge in [-0.05, 0) is 50.2 Å². The van der Waals surface area contributed by atoms with Gasteiger partial charge in [0.2, 0.25) is 5.91 Å². The summed E-state index contributed by atoms with van der Waals surface area (Å²) in [5, 5.41) is 12.8. The molecule has 170 valence electrons. The molecule has 2 rings (SSSR count). The van der Waals surface area contributed by atoms with Gasteiger partial charge in [-0.1, -0.05) is 70.8 Å². The molecule has 1 aliphatic rings. The zero-order valence-electron chi connectivity index (χ0n) is 19.1. The third-order valence-corrected chi connectivity index (χ3v) is 5.85. The first-order chi connectivity index (χ1) is 14.7. The van der Waals surface area contributed by atoms with Gasteiger partial charge < -0.3 is 15.2 Å². The van der Waals surface area contributed by atoms with E-state index in [0.29, 0.717) is 12.5 Å². The van der Waals surface area contributed by atoms with Gasteiger partial charge >= 0.3 is 0 Å². The summed E-state index contributed by atoms with van der Waals surface area (Å²) in [5.41, 5.74) is 1.22. The van der Waals surface area contributed by atoms with Gasteiger partial charge in [-0.25, -0.2) is 0 Å². The van der Waals surface area contributed by atoms with Gasteiger partial charge in [-0.2, -0.15) is 0 Å². The highest BCUT2D eigenvalue weighted by Crippen LogP contribution is 2.26. The van der Waals surface area contributed by atoms with Gasteiger partial charge in [0.05, 0.1) is 6.61 Å². The van der Waals surface area contributed by atoms with Gasteiger partial charge in [0, 0.05) is 18.5 Å². The minimum atomic E-state index is 0.244. The van der Waals surface area contributed by atoms with Crippen molar-refractivity contribution in [1.29, 1.82) is 0 Å². The van der Waals surface area contributed by atoms with Crippen LogP contribution in [-0.4, -0.2) is 23.7 Å². The first-order valence-electron chi connectivity index (χ1n) is 12.4. The quantitative estimate of drug-likeness (QED) is 0.262. The van der Waals surface area contributed by atoms with Crippen LogP contribution in [0.25, 0.3) is 0 Å². The molecule has 0 heterocycles. The maximum atomic E-state index is 11.6. The van der Waals surface area contributed by atoms with Gasteiger partial charge in [0.15, 0.2) is 0 Å². The summed E-state index contributed by atoms with van der Waals surface area (Å²) in [6.45, 7) is 2.95. The normalized spacial score (nSPS) is 13.4. The Morgan fingerprint density at radius 1 is 0.967 bits per heavy atom. The molecule has 1 aromatic carbocycles. The fourth-order valence-electron chi connectivity index (χ4n) is 3.78. The van der Waals surface area contributed by atoms with Crippen LogP contribution in [0.2, 0.25) is 0 Å². The summed E-state index contributed by atoms with van der Waals surface area (Å²) < 4.78 is 5.99. The predicted molar refractivity (Wildman–Crippen MR) is 124 cm³/mol. The number of nitrogens with one attached hydrogen (secondary N) is 1. The van der Waals surface area contributed by atoms with E-state index < -0.39 is 0 Å². The molecule has 0 saturated heterocycles. The standard InChI is InChI=1S/C26H43NO3/c1-2-3-4-11-14-22-16-19-24(28)21-25(22)30-20-13-10-8-6-5-7-9-12-15-26(29)27-23-17-18-23/h16,19,21,23,28H,2-15,17-18,20H2,1H3,(H,27,29). The molecule has 1 aliphatic carbocycles. The Morgan fingerprint density at radius 2 is 1.63 bits per heavy atom. The van der Waals surface area contributed by atoms with Crippen LogP contribution in [0.15, 0.2) is 18.2 Å². The van der Waals surface area contributed by atoms with Crippen molar-refractivity contribution in [3.8, 4) is 11.5 Å². The van der Waals surface area contributed by atoms with Gasteiger partial charge in [-0.3, -0.25) is 4.79 Å². The van der Waals surface area contributed by atoms with Gasteiger partial charge in [0.1, 0.15) is 11.5 Å². The van der Waals surface area contributed by atoms with Gasteiger partial charge in [-0.15, -0.1) is 0 Å². The average molecular weight is 418 g/mol. The van der Waals surface area contributed by atoms with Crippen molar-refractivity contribution in [2.75, 3.05) is 6.61 Å². The maximum Gasteiger partial charge on any atom is 0.220 e. The number of hydrogen-bond acceptors (Lipinski definition) is 3. The molecular formula is C26H43NO3. The number of ether oxygens (including phenoxy) is 1. The number of unbranched alkanes of at least 4 members (excludes halogenated alkanes) is 10. The zero-order chi connectivity index (χ0) is 21.4. The summed E-state index contributed by atoms with van der Waals surface area (Å²) >= 11 is 0. The van der Waals surface area contributed by atoms with Crippen molar-refractivity contribution in [3.63, 3.8) is 0 Å². The molecule has 2 N–H and O–H groups in total. The molecule has 1 aromatic rings. The highest BCUT2D eigenvalue weighted by Gasteiger charge is 2.22. The van der Waals surface area contributed by atoms with Crippen LogP contribution in [-0.2, 0) is 11.2 Å². The Hall–Kier alpha value is -1.71. The van der Waals surface area contributed by atoms with E-state index in [2.05, 4.69) is 12.2 Å². The molecule has 0 aromatic heterocycles. The second-order valence-corrected chi connectivity index (χ2v) is 8.87. The monoisotopic (exact) mass is 417 g/mol. The van der Waals surface area contributed by atoms with Crippen molar-refractivity contribution < 1.29 is 14.6 Å². The molecular weight excluding hydrogens is 374 g/mol. The van der Waals surface area contributed by atoms with E-state index in [9.17, 15) is 9.90 Å². The van der Waals surface area contributed by atoms with E-state index in [-0.39, 0.29) is 11.7 Å². The number of amides is 1. The lowest BCUT2D eigenvalue weighted by molar-refractivity contribution is -0.121. The largest absolute Gasteiger partial charge is 0.508 e. The van der Waals surface area contributed by atoms with Crippen molar-refractivity contribution in [2.24, 2.45) is 0 Å². The number of rotatable bonds is 18. The second kappa shape index (κ2) is 15.1. The summed E-state index contributed by atoms with van der Waals surface area (Å²) in [7, 11) is 0. The molecule has 0 aliphatic heterocycles. The summed E-state index contributed by atoms with van der Waals surface area (Å²) in [6, 6.07) is 6.03. The van der Waals surface area contributed by atoms with Crippen LogP contribution >= 0.6 is 0 Å². The number of phenolic OH excluding ortho intramolecular Hbond substituents is 1. The lowest BCUT2D eigenvalue weighted by Crippen LogP contribution is -2.24. The second-order valence-electron chi connectivity index (χ2n) is 8.87. The first kappa shape index (κ1) is 24.6. The molecule has 4 heteroatoms. The molecule has 0 bridgehead atoms. The van der Waals surface area contributed by atoms with Gasteiger partial charge in [0.25, 0.3) is 0 Å². The third-order valence-electron chi connectivity index (χ3n) is 5.85. The SMILES string of the molecule is CCCCCCc1ccc(O)cc1OCCCCCCCCCCC(=O)NC1CC1. The lowest BCUT2D eigenvalue weighted by Gasteiger charge is -2.12. The molecule has 1 amide bonds. The molecule has 1 saturated carbocycles. The zero-order valence-corrected chi connectivity index (χ0v) is 19.1. The molecule has 1 fully saturated rings. The van der Waals surface area contributed by atoms with Crippen LogP contribution < -0.4 is 10.1 Å². The van der Waals surface area contributed by atoms with Crippen molar-refractivity contribution in [2.45, 2.75) is 116 Å². The Bertz CT molecular complexity index is 598. The number of carbonyl (C=O) groups excluding carboxylic acids is 1. The molecule has 0 atom stereocenters. The van der Waals surface area contributed by atoms with Crippen molar-refractivity contribution >= 4 is 5.91 Å². The highest BCUT2D eigenvalue weighted by molar-refractivity contribution is 5.76. The smallest absolute Gasteiger partial charge is 0.220 e. The number of phenols is 1. The minimum absolute atomic E-state index is 0.244. The number of benzene rings is 1. The first-order valence-corrected chi connectivity index (χ1v) is 12.4. The number of aromatic hydroxyl groups is 1. The molecule has 0 radical (unpaired) electrons. The predicted octanol–water partition coefficient (Wildman–Crippen LogP) is 6.68. The van der Waals surface area contributed by atoms with E-state index >= 15 is 0 Å². The van der Waals surface area contributed by atoms with E-state index in [0.717, 1.165) is 31.6 Å². The average Bonchev–Trinajstić information content (AvgIpc) is 3.54. The van der Waals surface area contributed by atoms with Crippen LogP contribution in [0.4, 0.5) is 0 Å². The topological polar surface area (TPSA) is 58.6 Å². The summed E-state index contributed by atoms with van der Waals surface area (Å²) in [4.78, 5) is 11.6. The fraction of sp³-hybridized carbons (Fsp3) is 0.731. The van der Waals surface area contributed by atoms with E-state index in [1.165, 1.54) is 82.6 Å². The van der Waals surface area contributed by atoms with E-state index in [4.69, 9.17) is 4.74 Å². The Kier molecular flexibility index (Phi) is 12.4. The van der Waals surface area contributed by atoms with Crippen LogP contribution in [0, 0.1) is 0 Å². The Morgan fingerprint density at radius 3 is 2.33 bits per heavy atom. The van der Waals surface area contributed by atoms with Crippen LogP contribution in [0.3, 0.4) is 0 Å². The van der Waals surface area contributed by atoms with Crippen molar-refractivity contribution in [1.82, 2.24) is 5.32 Å². The molecule has 4 nitrogen and oxygen atoms in total. The highest BCUT2D eigenvalue weighted by atomic mass is 16.5. The van der Waals surface area contributed by atoms with Crippen LogP contribution in [0.1, 0.15) is 109 Å². The van der Waals surface area contributed by atoms with E-state index in [1.54, 1.807) is 12.1 Å². The summed E-state index contributed by atoms with van der Waals surface area (Å²) in [6.07, 6.45) is 18.5. The van der Waals surface area contributed by atoms with Crippen LogP contribution in [0.5, 0.6) is 11.5 Å². The number of hydrogen-bond donors (Lipinski definition) is 2. The minimum Gasteiger partial charge on any atom is -0.508 e. The maximum absolute atomic E-state index is 11.6. The number of carbonyl (C=O) groups is 1. The molecule has 30 heavy (non-hydrogen) atoms. The third kappa shape index (κ3) is 11.5. The lowest BCUT2D eigenvalue weighted by atomic mass is 10.0. The summed E-state index contributed by atoms with van der Waals surface area (Å²) in [5.74, 6) is 1.39. The van der Waals surface area contributed by atoms with Crippen molar-refractivity contribution in [3.05, 3.63) is 23.8 Å². The molecule has 0 unspecified atom stereocenters. The Balaban J connectivity index is 1.45. The fourth-order valence-corrected chi connectivity index (χ4v) is 3.78. The van der Waals surface area contributed by atoms with E-state index in [1.807, 2.05) is 6.07 Å². The molecule has 0 spiro atoms. The Labute approximate surface area is 183 Å².